The van der Waals surface area contributed by atoms with Crippen molar-refractivity contribution in [3.8, 4) is 0 Å². The Labute approximate surface area is 133 Å². The van der Waals surface area contributed by atoms with Crippen LogP contribution in [-0.4, -0.2) is 34.7 Å². The Hall–Kier alpha value is -1.10. The second kappa shape index (κ2) is 9.13. The van der Waals surface area contributed by atoms with Gasteiger partial charge in [-0.3, -0.25) is 9.59 Å². The van der Waals surface area contributed by atoms with Crippen LogP contribution in [0.3, 0.4) is 0 Å². The molecular weight excluding hydrogens is 282 g/mol. The molecule has 1 aliphatic rings. The van der Waals surface area contributed by atoms with Gasteiger partial charge in [0.15, 0.2) is 0 Å². The van der Waals surface area contributed by atoms with Crippen LogP contribution < -0.4 is 5.32 Å². The Morgan fingerprint density at radius 2 is 1.77 bits per heavy atom. The Balaban J connectivity index is 2.66. The second-order valence-corrected chi connectivity index (χ2v) is 6.34. The topological polar surface area (TPSA) is 75.6 Å². The van der Waals surface area contributed by atoms with Gasteiger partial charge in [0.2, 0.25) is 5.91 Å². The molecule has 0 heterocycles. The molecule has 2 N–H and O–H groups in total. The summed E-state index contributed by atoms with van der Waals surface area (Å²) in [5.41, 5.74) is -0.674. The van der Waals surface area contributed by atoms with E-state index in [1.54, 1.807) is 0 Å². The fourth-order valence-corrected chi connectivity index (χ4v) is 3.13. The zero-order valence-corrected chi connectivity index (χ0v) is 14.2. The summed E-state index contributed by atoms with van der Waals surface area (Å²) in [5, 5.41) is 12.1. The highest BCUT2D eigenvalue weighted by Gasteiger charge is 2.34. The van der Waals surface area contributed by atoms with E-state index in [1.807, 2.05) is 20.8 Å². The largest absolute Gasteiger partial charge is 0.481 e. The predicted octanol–water partition coefficient (Wildman–Crippen LogP) is 3.26. The van der Waals surface area contributed by atoms with Crippen LogP contribution >= 0.6 is 0 Å². The van der Waals surface area contributed by atoms with Gasteiger partial charge in [0.05, 0.1) is 18.1 Å². The first-order chi connectivity index (χ1) is 10.5. The molecule has 1 fully saturated rings. The van der Waals surface area contributed by atoms with Crippen LogP contribution in [0.25, 0.3) is 0 Å². The third kappa shape index (κ3) is 5.59. The van der Waals surface area contributed by atoms with Gasteiger partial charge in [-0.1, -0.05) is 40.0 Å². The minimum absolute atomic E-state index is 0.0500. The van der Waals surface area contributed by atoms with Crippen LogP contribution in [0.1, 0.15) is 78.6 Å². The summed E-state index contributed by atoms with van der Waals surface area (Å²) in [6, 6.07) is 0. The Bertz CT molecular complexity index is 360. The predicted molar refractivity (Wildman–Crippen MR) is 85.7 cm³/mol. The van der Waals surface area contributed by atoms with Crippen molar-refractivity contribution in [1.29, 1.82) is 0 Å². The van der Waals surface area contributed by atoms with Gasteiger partial charge < -0.3 is 15.2 Å². The molecule has 5 heteroatoms. The number of ether oxygens (including phenoxy) is 1. The van der Waals surface area contributed by atoms with E-state index in [4.69, 9.17) is 9.84 Å². The summed E-state index contributed by atoms with van der Waals surface area (Å²) < 4.78 is 5.98. The molecule has 0 aromatic rings. The molecule has 1 aliphatic carbocycles. The molecule has 0 saturated heterocycles. The number of carboxylic acids is 1. The third-order valence-corrected chi connectivity index (χ3v) is 4.80. The number of carbonyl (C=O) groups excluding carboxylic acids is 1. The first kappa shape index (κ1) is 18.9. The van der Waals surface area contributed by atoms with Crippen LogP contribution in [0.15, 0.2) is 0 Å². The van der Waals surface area contributed by atoms with Crippen molar-refractivity contribution in [2.75, 3.05) is 0 Å². The normalized spacial score (nSPS) is 18.0. The van der Waals surface area contributed by atoms with Crippen molar-refractivity contribution >= 4 is 11.9 Å². The van der Waals surface area contributed by atoms with E-state index in [0.29, 0.717) is 19.3 Å². The van der Waals surface area contributed by atoms with Crippen molar-refractivity contribution in [2.24, 2.45) is 0 Å². The highest BCUT2D eigenvalue weighted by Crippen LogP contribution is 2.24. The monoisotopic (exact) mass is 313 g/mol. The van der Waals surface area contributed by atoms with E-state index in [2.05, 4.69) is 5.32 Å². The maximum Gasteiger partial charge on any atom is 0.305 e. The summed E-state index contributed by atoms with van der Waals surface area (Å²) in [4.78, 5) is 23.6. The van der Waals surface area contributed by atoms with E-state index >= 15 is 0 Å². The molecule has 5 nitrogen and oxygen atoms in total. The molecule has 0 spiro atoms. The van der Waals surface area contributed by atoms with Gasteiger partial charge in [-0.15, -0.1) is 0 Å². The molecular formula is C17H31NO4. The number of carbonyl (C=O) groups is 2. The smallest absolute Gasteiger partial charge is 0.305 e. The molecule has 1 atom stereocenters. The van der Waals surface area contributed by atoms with Crippen LogP contribution in [0.4, 0.5) is 0 Å². The van der Waals surface area contributed by atoms with E-state index in [9.17, 15) is 9.59 Å². The molecule has 1 saturated carbocycles. The van der Waals surface area contributed by atoms with Crippen LogP contribution in [0, 0.1) is 0 Å². The van der Waals surface area contributed by atoms with E-state index in [-0.39, 0.29) is 18.4 Å². The van der Waals surface area contributed by atoms with Crippen LogP contribution in [0.2, 0.25) is 0 Å². The highest BCUT2D eigenvalue weighted by atomic mass is 16.5. The Morgan fingerprint density at radius 3 is 2.23 bits per heavy atom. The molecule has 1 amide bonds. The average molecular weight is 313 g/mol. The molecule has 0 aromatic carbocycles. The van der Waals surface area contributed by atoms with Gasteiger partial charge >= 0.3 is 5.97 Å². The van der Waals surface area contributed by atoms with Gasteiger partial charge in [0.1, 0.15) is 6.10 Å². The molecule has 1 unspecified atom stereocenters. The van der Waals surface area contributed by atoms with Crippen molar-refractivity contribution in [2.45, 2.75) is 96.3 Å². The maximum atomic E-state index is 12.5. The lowest BCUT2D eigenvalue weighted by molar-refractivity contribution is -0.143. The van der Waals surface area contributed by atoms with E-state index in [1.165, 1.54) is 6.42 Å². The molecule has 1 rings (SSSR count). The van der Waals surface area contributed by atoms with Gasteiger partial charge in [0.25, 0.3) is 0 Å². The van der Waals surface area contributed by atoms with Gasteiger partial charge in [0, 0.05) is 0 Å². The van der Waals surface area contributed by atoms with Crippen molar-refractivity contribution in [3.05, 3.63) is 0 Å². The van der Waals surface area contributed by atoms with E-state index < -0.39 is 17.6 Å². The first-order valence-electron chi connectivity index (χ1n) is 8.65. The molecule has 0 bridgehead atoms. The fraction of sp³-hybridized carbons (Fsp3) is 0.882. The average Bonchev–Trinajstić information content (AvgIpc) is 2.52. The summed E-state index contributed by atoms with van der Waals surface area (Å²) in [5.74, 6) is -1.05. The van der Waals surface area contributed by atoms with Crippen LogP contribution in [0.5, 0.6) is 0 Å². The quantitative estimate of drug-likeness (QED) is 0.685. The SMILES string of the molecule is CCC(OC1CCCCC1)C(=O)NC(CC)(CC)CC(=O)O. The van der Waals surface area contributed by atoms with E-state index in [0.717, 1.165) is 25.7 Å². The number of hydrogen-bond donors (Lipinski definition) is 2. The van der Waals surface area contributed by atoms with Gasteiger partial charge in [-0.05, 0) is 32.1 Å². The van der Waals surface area contributed by atoms with Crippen LogP contribution in [-0.2, 0) is 14.3 Å². The lowest BCUT2D eigenvalue weighted by atomic mass is 9.88. The second-order valence-electron chi connectivity index (χ2n) is 6.34. The third-order valence-electron chi connectivity index (χ3n) is 4.80. The zero-order chi connectivity index (χ0) is 16.6. The lowest BCUT2D eigenvalue weighted by Crippen LogP contribution is -2.53. The number of aliphatic carboxylic acids is 1. The Kier molecular flexibility index (Phi) is 7.87. The first-order valence-corrected chi connectivity index (χ1v) is 8.65. The summed E-state index contributed by atoms with van der Waals surface area (Å²) in [6.07, 6.45) is 7.06. The number of hydrogen-bond acceptors (Lipinski definition) is 3. The van der Waals surface area contributed by atoms with Crippen molar-refractivity contribution in [3.63, 3.8) is 0 Å². The minimum Gasteiger partial charge on any atom is -0.481 e. The molecule has 22 heavy (non-hydrogen) atoms. The highest BCUT2D eigenvalue weighted by molar-refractivity contribution is 5.82. The maximum absolute atomic E-state index is 12.5. The summed E-state index contributed by atoms with van der Waals surface area (Å²) in [6.45, 7) is 5.76. The number of amides is 1. The minimum atomic E-state index is -0.884. The zero-order valence-electron chi connectivity index (χ0n) is 14.2. The summed E-state index contributed by atoms with van der Waals surface area (Å²) >= 11 is 0. The van der Waals surface area contributed by atoms with Crippen molar-refractivity contribution in [1.82, 2.24) is 5.32 Å². The molecule has 0 aromatic heterocycles. The van der Waals surface area contributed by atoms with Gasteiger partial charge in [-0.2, -0.15) is 0 Å². The fourth-order valence-electron chi connectivity index (χ4n) is 3.13. The standard InChI is InChI=1S/C17H31NO4/c1-4-14(22-13-10-8-7-9-11-13)16(21)18-17(5-2,6-3)12-15(19)20/h13-14H,4-12H2,1-3H3,(H,18,21)(H,19,20). The molecule has 128 valence electrons. The Morgan fingerprint density at radius 1 is 1.18 bits per heavy atom. The van der Waals surface area contributed by atoms with Crippen molar-refractivity contribution < 1.29 is 19.4 Å². The number of carboxylic acid groups (broad SMARTS) is 1. The number of rotatable bonds is 9. The summed E-state index contributed by atoms with van der Waals surface area (Å²) in [7, 11) is 0. The molecule has 0 aliphatic heterocycles. The number of nitrogens with one attached hydrogen (secondary N) is 1. The van der Waals surface area contributed by atoms with Gasteiger partial charge in [-0.25, -0.2) is 0 Å². The lowest BCUT2D eigenvalue weighted by Gasteiger charge is -2.34. The molecule has 0 radical (unpaired) electrons.